The minimum absolute atomic E-state index is 0.0949. The molecule has 0 spiro atoms. The molecule has 0 N–H and O–H groups in total. The van der Waals surface area contributed by atoms with Gasteiger partial charge in [-0.25, -0.2) is 13.4 Å². The summed E-state index contributed by atoms with van der Waals surface area (Å²) >= 11 is 6.20. The Morgan fingerprint density at radius 2 is 1.63 bits per heavy atom. The molecule has 0 radical (unpaired) electrons. The average molecular weight is 446 g/mol. The van der Waals surface area contributed by atoms with Gasteiger partial charge < -0.3 is 4.74 Å². The Morgan fingerprint density at radius 3 is 2.17 bits per heavy atom. The second kappa shape index (κ2) is 9.15. The SMILES string of the molecule is COc1ccc(N(C=O)c2ccc(N(Cc3ccccc3Cl)S(C)(=O)=O)cc2)cn1. The van der Waals surface area contributed by atoms with Crippen molar-refractivity contribution in [2.24, 2.45) is 0 Å². The van der Waals surface area contributed by atoms with Gasteiger partial charge in [-0.05, 0) is 42.0 Å². The van der Waals surface area contributed by atoms with Crippen molar-refractivity contribution < 1.29 is 17.9 Å². The lowest BCUT2D eigenvalue weighted by Gasteiger charge is -2.24. The first-order valence-corrected chi connectivity index (χ1v) is 11.1. The van der Waals surface area contributed by atoms with Crippen LogP contribution in [0.15, 0.2) is 66.9 Å². The van der Waals surface area contributed by atoms with Crippen LogP contribution < -0.4 is 13.9 Å². The van der Waals surface area contributed by atoms with Crippen LogP contribution in [-0.2, 0) is 21.4 Å². The number of carbonyl (C=O) groups is 1. The molecule has 0 bridgehead atoms. The first-order valence-electron chi connectivity index (χ1n) is 8.89. The van der Waals surface area contributed by atoms with E-state index in [1.165, 1.54) is 22.5 Å². The minimum Gasteiger partial charge on any atom is -0.481 e. The zero-order valence-corrected chi connectivity index (χ0v) is 18.0. The van der Waals surface area contributed by atoms with Crippen LogP contribution in [0.25, 0.3) is 0 Å². The van der Waals surface area contributed by atoms with E-state index in [1.54, 1.807) is 60.7 Å². The molecule has 30 heavy (non-hydrogen) atoms. The molecule has 0 aliphatic rings. The number of sulfonamides is 1. The summed E-state index contributed by atoms with van der Waals surface area (Å²) in [6.45, 7) is 0.0949. The van der Waals surface area contributed by atoms with Gasteiger partial charge in [-0.2, -0.15) is 0 Å². The van der Waals surface area contributed by atoms with Crippen LogP contribution in [0.2, 0.25) is 5.02 Å². The van der Waals surface area contributed by atoms with Crippen molar-refractivity contribution in [3.63, 3.8) is 0 Å². The molecule has 1 amide bonds. The Labute approximate surface area is 180 Å². The molecule has 3 rings (SSSR count). The largest absolute Gasteiger partial charge is 0.481 e. The number of ether oxygens (including phenoxy) is 1. The van der Waals surface area contributed by atoms with E-state index >= 15 is 0 Å². The maximum absolute atomic E-state index is 12.4. The zero-order valence-electron chi connectivity index (χ0n) is 16.4. The van der Waals surface area contributed by atoms with E-state index < -0.39 is 10.0 Å². The van der Waals surface area contributed by atoms with Gasteiger partial charge in [0.05, 0.1) is 37.5 Å². The quantitative estimate of drug-likeness (QED) is 0.489. The summed E-state index contributed by atoms with van der Waals surface area (Å²) in [7, 11) is -2.06. The molecule has 2 aromatic carbocycles. The molecule has 1 heterocycles. The lowest BCUT2D eigenvalue weighted by atomic mass is 10.2. The van der Waals surface area contributed by atoms with Crippen LogP contribution in [0.4, 0.5) is 17.1 Å². The second-order valence-corrected chi connectivity index (χ2v) is 8.73. The maximum atomic E-state index is 12.4. The normalized spacial score (nSPS) is 11.0. The Bertz CT molecular complexity index is 1120. The monoisotopic (exact) mass is 445 g/mol. The number of nitrogens with zero attached hydrogens (tertiary/aromatic N) is 3. The molecular weight excluding hydrogens is 426 g/mol. The first kappa shape index (κ1) is 21.6. The van der Waals surface area contributed by atoms with E-state index in [0.29, 0.717) is 39.9 Å². The molecule has 0 aliphatic carbocycles. The van der Waals surface area contributed by atoms with Gasteiger partial charge >= 0.3 is 0 Å². The molecule has 0 saturated heterocycles. The predicted molar refractivity (Wildman–Crippen MR) is 118 cm³/mol. The topological polar surface area (TPSA) is 79.8 Å². The van der Waals surface area contributed by atoms with Crippen molar-refractivity contribution >= 4 is 45.1 Å². The molecule has 0 saturated carbocycles. The van der Waals surface area contributed by atoms with Gasteiger partial charge in [0.2, 0.25) is 22.3 Å². The number of carbonyl (C=O) groups excluding carboxylic acids is 1. The number of amides is 1. The summed E-state index contributed by atoms with van der Waals surface area (Å²) in [5, 5.41) is 0.488. The lowest BCUT2D eigenvalue weighted by Crippen LogP contribution is -2.29. The summed E-state index contributed by atoms with van der Waals surface area (Å²) in [5.74, 6) is 0.434. The molecule has 0 unspecified atom stereocenters. The van der Waals surface area contributed by atoms with Crippen molar-refractivity contribution in [2.75, 3.05) is 22.6 Å². The molecular formula is C21H20ClN3O4S. The van der Waals surface area contributed by atoms with Crippen molar-refractivity contribution in [2.45, 2.75) is 6.54 Å². The van der Waals surface area contributed by atoms with Gasteiger partial charge in [0, 0.05) is 16.8 Å². The summed E-state index contributed by atoms with van der Waals surface area (Å²) in [5.41, 5.74) is 2.26. The number of anilines is 3. The van der Waals surface area contributed by atoms with Crippen LogP contribution in [0, 0.1) is 0 Å². The van der Waals surface area contributed by atoms with Crippen LogP contribution >= 0.6 is 11.6 Å². The molecule has 9 heteroatoms. The molecule has 3 aromatic rings. The van der Waals surface area contributed by atoms with E-state index in [1.807, 2.05) is 0 Å². The van der Waals surface area contributed by atoms with E-state index in [0.717, 1.165) is 6.26 Å². The van der Waals surface area contributed by atoms with Crippen molar-refractivity contribution in [1.82, 2.24) is 4.98 Å². The highest BCUT2D eigenvalue weighted by atomic mass is 35.5. The number of hydrogen-bond acceptors (Lipinski definition) is 5. The summed E-state index contributed by atoms with van der Waals surface area (Å²) in [4.78, 5) is 17.2. The van der Waals surface area contributed by atoms with E-state index in [-0.39, 0.29) is 6.54 Å². The molecule has 7 nitrogen and oxygen atoms in total. The lowest BCUT2D eigenvalue weighted by molar-refractivity contribution is -0.106. The number of halogens is 1. The third-order valence-electron chi connectivity index (χ3n) is 4.40. The van der Waals surface area contributed by atoms with Crippen molar-refractivity contribution in [3.05, 3.63) is 77.4 Å². The van der Waals surface area contributed by atoms with Crippen molar-refractivity contribution in [1.29, 1.82) is 0 Å². The van der Waals surface area contributed by atoms with Crippen LogP contribution in [-0.4, -0.2) is 33.2 Å². The van der Waals surface area contributed by atoms with Crippen molar-refractivity contribution in [3.8, 4) is 5.88 Å². The highest BCUT2D eigenvalue weighted by Crippen LogP contribution is 2.29. The predicted octanol–water partition coefficient (Wildman–Crippen LogP) is 4.00. The second-order valence-electron chi connectivity index (χ2n) is 6.41. The fourth-order valence-corrected chi connectivity index (χ4v) is 3.94. The van der Waals surface area contributed by atoms with Gasteiger partial charge in [-0.15, -0.1) is 0 Å². The number of hydrogen-bond donors (Lipinski definition) is 0. The van der Waals surface area contributed by atoms with Gasteiger partial charge in [0.25, 0.3) is 0 Å². The van der Waals surface area contributed by atoms with Gasteiger partial charge in [-0.1, -0.05) is 29.8 Å². The summed E-state index contributed by atoms with van der Waals surface area (Å²) in [6.07, 6.45) is 3.32. The standard InChI is InChI=1S/C21H20ClN3O4S/c1-29-21-12-11-19(13-23-21)24(15-26)17-7-9-18(10-8-17)25(30(2,27)28)14-16-5-3-4-6-20(16)22/h3-13,15H,14H2,1-2H3. The Kier molecular flexibility index (Phi) is 6.59. The van der Waals surface area contributed by atoms with E-state index in [9.17, 15) is 13.2 Å². The maximum Gasteiger partial charge on any atom is 0.232 e. The molecule has 1 aromatic heterocycles. The first-order chi connectivity index (χ1) is 14.3. The highest BCUT2D eigenvalue weighted by Gasteiger charge is 2.19. The number of methoxy groups -OCH3 is 1. The Balaban J connectivity index is 1.90. The molecule has 0 aliphatic heterocycles. The summed E-state index contributed by atoms with van der Waals surface area (Å²) in [6, 6.07) is 17.0. The minimum atomic E-state index is -3.56. The number of pyridine rings is 1. The molecule has 156 valence electrons. The molecule has 0 atom stereocenters. The number of rotatable bonds is 8. The van der Waals surface area contributed by atoms with E-state index in [2.05, 4.69) is 4.98 Å². The smallest absolute Gasteiger partial charge is 0.232 e. The number of aromatic nitrogens is 1. The highest BCUT2D eigenvalue weighted by molar-refractivity contribution is 7.92. The third kappa shape index (κ3) is 4.90. The fraction of sp³-hybridized carbons (Fsp3) is 0.143. The van der Waals surface area contributed by atoms with Crippen LogP contribution in [0.3, 0.4) is 0 Å². The van der Waals surface area contributed by atoms with E-state index in [4.69, 9.17) is 16.3 Å². The van der Waals surface area contributed by atoms with Gasteiger partial charge in [0.1, 0.15) is 0 Å². The zero-order chi connectivity index (χ0) is 21.7. The third-order valence-corrected chi connectivity index (χ3v) is 5.91. The van der Waals surface area contributed by atoms with Crippen LogP contribution in [0.5, 0.6) is 5.88 Å². The Morgan fingerprint density at radius 1 is 1.00 bits per heavy atom. The van der Waals surface area contributed by atoms with Gasteiger partial charge in [0.15, 0.2) is 0 Å². The number of benzene rings is 2. The summed E-state index contributed by atoms with van der Waals surface area (Å²) < 4.78 is 31.1. The molecule has 0 fully saturated rings. The average Bonchev–Trinajstić information content (AvgIpc) is 2.74. The Hall–Kier alpha value is -3.10. The van der Waals surface area contributed by atoms with Gasteiger partial charge in [-0.3, -0.25) is 14.0 Å². The van der Waals surface area contributed by atoms with Crippen LogP contribution in [0.1, 0.15) is 5.56 Å². The fourth-order valence-electron chi connectivity index (χ4n) is 2.87.